The molecular formula is C12H23N3O4. The lowest BCUT2D eigenvalue weighted by molar-refractivity contribution is -0.146. The van der Waals surface area contributed by atoms with E-state index in [2.05, 4.69) is 10.2 Å². The fourth-order valence-electron chi connectivity index (χ4n) is 2.25. The van der Waals surface area contributed by atoms with Crippen molar-refractivity contribution in [3.8, 4) is 0 Å². The van der Waals surface area contributed by atoms with Crippen molar-refractivity contribution in [1.82, 2.24) is 15.1 Å². The Morgan fingerprint density at radius 1 is 1.32 bits per heavy atom. The van der Waals surface area contributed by atoms with Crippen LogP contribution in [0.25, 0.3) is 0 Å². The number of rotatable bonds is 6. The van der Waals surface area contributed by atoms with Gasteiger partial charge >= 0.3 is 12.0 Å². The number of carboxylic acid groups (broad SMARTS) is 1. The third-order valence-electron chi connectivity index (χ3n) is 3.84. The number of carbonyl (C=O) groups excluding carboxylic acids is 1. The van der Waals surface area contributed by atoms with Crippen LogP contribution in [-0.2, 0) is 4.79 Å². The van der Waals surface area contributed by atoms with Crippen LogP contribution in [0.2, 0.25) is 0 Å². The Hall–Kier alpha value is -1.34. The Balaban J connectivity index is 2.42. The highest BCUT2D eigenvalue weighted by atomic mass is 16.4. The molecule has 1 aliphatic carbocycles. The molecule has 7 nitrogen and oxygen atoms in total. The smallest absolute Gasteiger partial charge is 0.334 e. The second-order valence-corrected chi connectivity index (χ2v) is 5.37. The first-order chi connectivity index (χ1) is 8.78. The molecule has 0 aliphatic heterocycles. The molecule has 1 atom stereocenters. The summed E-state index contributed by atoms with van der Waals surface area (Å²) in [5.74, 6) is -1.34. The number of aliphatic hydroxyl groups excluding tert-OH is 1. The molecule has 0 saturated heterocycles. The highest BCUT2D eigenvalue weighted by Crippen LogP contribution is 2.36. The first kappa shape index (κ1) is 15.7. The van der Waals surface area contributed by atoms with E-state index < -0.39 is 12.1 Å². The Bertz CT molecular complexity index is 342. The third-order valence-corrected chi connectivity index (χ3v) is 3.84. The average Bonchev–Trinajstić information content (AvgIpc) is 2.28. The number of aliphatic carboxylic acids is 1. The van der Waals surface area contributed by atoms with Gasteiger partial charge in [0.25, 0.3) is 0 Å². The molecule has 1 fully saturated rings. The van der Waals surface area contributed by atoms with E-state index in [-0.39, 0.29) is 18.1 Å². The third kappa shape index (κ3) is 3.81. The molecule has 0 aromatic heterocycles. The van der Waals surface area contributed by atoms with Crippen molar-refractivity contribution in [3.63, 3.8) is 0 Å². The van der Waals surface area contributed by atoms with E-state index in [1.54, 1.807) is 7.05 Å². The number of likely N-dealkylation sites (N-methyl/N-ethyl adjacent to an activating group) is 2. The summed E-state index contributed by atoms with van der Waals surface area (Å²) < 4.78 is 0. The summed E-state index contributed by atoms with van der Waals surface area (Å²) in [5.41, 5.74) is 0.0253. The molecule has 3 N–H and O–H groups in total. The fraction of sp³-hybridized carbons (Fsp3) is 0.833. The maximum atomic E-state index is 11.8. The Labute approximate surface area is 113 Å². The van der Waals surface area contributed by atoms with Gasteiger partial charge in [0.2, 0.25) is 0 Å². The predicted octanol–water partition coefficient (Wildman–Crippen LogP) is -0.442. The lowest BCUT2D eigenvalue weighted by Crippen LogP contribution is -2.58. The van der Waals surface area contributed by atoms with Crippen molar-refractivity contribution >= 4 is 12.0 Å². The predicted molar refractivity (Wildman–Crippen MR) is 69.9 cm³/mol. The summed E-state index contributed by atoms with van der Waals surface area (Å²) >= 11 is 0. The highest BCUT2D eigenvalue weighted by molar-refractivity contribution is 5.76. The standard InChI is InChI=1S/C12H23N3O4/c1-14(2)12(5-4-6-12)8-15(3)11(19)13-7-9(16)10(17)18/h9,16H,4-8H2,1-3H3,(H,13,19)(H,17,18)/t9-/m0/s1. The summed E-state index contributed by atoms with van der Waals surface area (Å²) in [4.78, 5) is 25.9. The van der Waals surface area contributed by atoms with Gasteiger partial charge < -0.3 is 25.3 Å². The molecule has 0 bridgehead atoms. The zero-order valence-corrected chi connectivity index (χ0v) is 11.7. The van der Waals surface area contributed by atoms with Gasteiger partial charge in [-0.1, -0.05) is 0 Å². The molecule has 0 radical (unpaired) electrons. The van der Waals surface area contributed by atoms with Crippen LogP contribution in [0.3, 0.4) is 0 Å². The first-order valence-electron chi connectivity index (χ1n) is 6.36. The van der Waals surface area contributed by atoms with Crippen LogP contribution in [0.5, 0.6) is 0 Å². The normalized spacial score (nSPS) is 18.6. The Kier molecular flexibility index (Phi) is 5.13. The lowest BCUT2D eigenvalue weighted by Gasteiger charge is -2.49. The van der Waals surface area contributed by atoms with E-state index in [0.29, 0.717) is 6.54 Å². The molecule has 19 heavy (non-hydrogen) atoms. The molecular weight excluding hydrogens is 250 g/mol. The van der Waals surface area contributed by atoms with Gasteiger partial charge in [-0.15, -0.1) is 0 Å². The minimum atomic E-state index is -1.57. The van der Waals surface area contributed by atoms with Gasteiger partial charge in [0.05, 0.1) is 6.54 Å². The maximum absolute atomic E-state index is 11.8. The van der Waals surface area contributed by atoms with Gasteiger partial charge in [0, 0.05) is 19.1 Å². The molecule has 1 aliphatic rings. The number of aliphatic hydroxyl groups is 1. The number of hydrogen-bond acceptors (Lipinski definition) is 4. The number of carboxylic acids is 1. The van der Waals surface area contributed by atoms with Gasteiger partial charge in [-0.25, -0.2) is 9.59 Å². The van der Waals surface area contributed by atoms with Crippen molar-refractivity contribution in [2.45, 2.75) is 30.9 Å². The van der Waals surface area contributed by atoms with Gasteiger partial charge in [0.1, 0.15) is 0 Å². The minimum Gasteiger partial charge on any atom is -0.479 e. The van der Waals surface area contributed by atoms with E-state index in [9.17, 15) is 9.59 Å². The second kappa shape index (κ2) is 6.21. The molecule has 1 saturated carbocycles. The molecule has 2 amide bonds. The molecule has 0 unspecified atom stereocenters. The summed E-state index contributed by atoms with van der Waals surface area (Å²) in [6.45, 7) is 0.308. The second-order valence-electron chi connectivity index (χ2n) is 5.37. The van der Waals surface area contributed by atoms with Crippen LogP contribution in [0.4, 0.5) is 4.79 Å². The summed E-state index contributed by atoms with van der Waals surface area (Å²) in [6.07, 6.45) is 1.69. The Morgan fingerprint density at radius 2 is 1.89 bits per heavy atom. The van der Waals surface area contributed by atoms with E-state index in [0.717, 1.165) is 19.3 Å². The highest BCUT2D eigenvalue weighted by Gasteiger charge is 2.40. The van der Waals surface area contributed by atoms with Crippen molar-refractivity contribution in [1.29, 1.82) is 0 Å². The SMILES string of the molecule is CN(CC1(N(C)C)CCC1)C(=O)NC[C@H](O)C(=O)O. The number of hydrogen-bond donors (Lipinski definition) is 3. The topological polar surface area (TPSA) is 93.1 Å². The van der Waals surface area contributed by atoms with E-state index >= 15 is 0 Å². The minimum absolute atomic E-state index is 0.0253. The summed E-state index contributed by atoms with van der Waals surface area (Å²) in [6, 6.07) is -0.367. The van der Waals surface area contributed by atoms with E-state index in [1.165, 1.54) is 4.90 Å². The van der Waals surface area contributed by atoms with Gasteiger partial charge in [-0.05, 0) is 33.4 Å². The van der Waals surface area contributed by atoms with E-state index in [4.69, 9.17) is 10.2 Å². The van der Waals surface area contributed by atoms with Crippen molar-refractivity contribution in [2.75, 3.05) is 34.2 Å². The molecule has 0 aromatic carbocycles. The van der Waals surface area contributed by atoms with Crippen LogP contribution >= 0.6 is 0 Å². The molecule has 110 valence electrons. The maximum Gasteiger partial charge on any atom is 0.334 e. The lowest BCUT2D eigenvalue weighted by atomic mass is 9.75. The fourth-order valence-corrected chi connectivity index (χ4v) is 2.25. The molecule has 0 spiro atoms. The van der Waals surface area contributed by atoms with Crippen molar-refractivity contribution in [2.24, 2.45) is 0 Å². The monoisotopic (exact) mass is 273 g/mol. The largest absolute Gasteiger partial charge is 0.479 e. The van der Waals surface area contributed by atoms with Gasteiger partial charge in [0.15, 0.2) is 6.10 Å². The molecule has 0 heterocycles. The first-order valence-corrected chi connectivity index (χ1v) is 6.36. The van der Waals surface area contributed by atoms with E-state index in [1.807, 2.05) is 14.1 Å². The number of nitrogens with one attached hydrogen (secondary N) is 1. The number of carbonyl (C=O) groups is 2. The molecule has 1 rings (SSSR count). The van der Waals surface area contributed by atoms with Crippen LogP contribution in [0.1, 0.15) is 19.3 Å². The quantitative estimate of drug-likeness (QED) is 0.610. The van der Waals surface area contributed by atoms with Crippen molar-refractivity contribution in [3.05, 3.63) is 0 Å². The van der Waals surface area contributed by atoms with Crippen LogP contribution in [0, 0.1) is 0 Å². The number of urea groups is 1. The summed E-state index contributed by atoms with van der Waals surface area (Å²) in [5, 5.41) is 20.0. The zero-order chi connectivity index (χ0) is 14.6. The average molecular weight is 273 g/mol. The van der Waals surface area contributed by atoms with Crippen LogP contribution in [0.15, 0.2) is 0 Å². The zero-order valence-electron chi connectivity index (χ0n) is 11.7. The number of amides is 2. The molecule has 0 aromatic rings. The van der Waals surface area contributed by atoms with Crippen molar-refractivity contribution < 1.29 is 19.8 Å². The molecule has 7 heteroatoms. The Morgan fingerprint density at radius 3 is 2.26 bits per heavy atom. The van der Waals surface area contributed by atoms with Gasteiger partial charge in [-0.3, -0.25) is 0 Å². The van der Waals surface area contributed by atoms with Gasteiger partial charge in [-0.2, -0.15) is 0 Å². The number of nitrogens with zero attached hydrogens (tertiary/aromatic N) is 2. The van der Waals surface area contributed by atoms with Crippen LogP contribution in [-0.4, -0.2) is 77.9 Å². The van der Waals surface area contributed by atoms with Crippen LogP contribution < -0.4 is 5.32 Å². The summed E-state index contributed by atoms with van der Waals surface area (Å²) in [7, 11) is 5.67.